The first kappa shape index (κ1) is 9.74. The molecule has 2 heterocycles. The van der Waals surface area contributed by atoms with Crippen molar-refractivity contribution in [3.05, 3.63) is 30.1 Å². The molecule has 4 heteroatoms. The zero-order chi connectivity index (χ0) is 7.68. The quantitative estimate of drug-likeness (QED) is 0.804. The van der Waals surface area contributed by atoms with Gasteiger partial charge in [-0.3, -0.25) is 0 Å². The molecule has 0 bridgehead atoms. The monoisotopic (exact) mass is 290 g/mol. The Morgan fingerprint density at radius 2 is 2.17 bits per heavy atom. The minimum atomic E-state index is 0. The summed E-state index contributed by atoms with van der Waals surface area (Å²) in [6.07, 6.45) is 1.90. The number of nitrogens with zero attached hydrogens (tertiary/aromatic N) is 1. The molecule has 0 saturated heterocycles. The average Bonchev–Trinajstić information content (AvgIpc) is 2.50. The van der Waals surface area contributed by atoms with Gasteiger partial charge in [0.05, 0.1) is 5.69 Å². The lowest BCUT2D eigenvalue weighted by atomic mass is 10.3. The molecule has 2 aromatic rings. The molecule has 2 rings (SSSR count). The molecule has 1 N–H and O–H groups in total. The molecule has 0 fully saturated rings. The number of hydrogen-bond donors (Lipinski definition) is 1. The number of halogens is 2. The van der Waals surface area contributed by atoms with Gasteiger partial charge in [-0.2, -0.15) is 0 Å². The Kier molecular flexibility index (Phi) is 3.29. The van der Waals surface area contributed by atoms with Crippen LogP contribution in [-0.4, -0.2) is 9.97 Å². The molecule has 2 nitrogen and oxygen atoms in total. The number of fused-ring (bicyclic) bond motifs is 1. The fourth-order valence-electron chi connectivity index (χ4n) is 1.05. The number of aromatic amines is 1. The maximum absolute atomic E-state index is 4.35. The number of rotatable bonds is 1. The highest BCUT2D eigenvalue weighted by Gasteiger charge is 1.95. The van der Waals surface area contributed by atoms with Crippen LogP contribution in [0.5, 0.6) is 0 Å². The normalized spacial score (nSPS) is 9.75. The Morgan fingerprint density at radius 1 is 1.33 bits per heavy atom. The number of pyridine rings is 1. The molecule has 12 heavy (non-hydrogen) atoms. The van der Waals surface area contributed by atoms with Crippen LogP contribution in [0.15, 0.2) is 24.4 Å². The molecule has 0 radical (unpaired) electrons. The van der Waals surface area contributed by atoms with E-state index in [0.717, 1.165) is 22.1 Å². The van der Waals surface area contributed by atoms with Crippen molar-refractivity contribution in [1.29, 1.82) is 0 Å². The number of hydrogen-bond acceptors (Lipinski definition) is 1. The van der Waals surface area contributed by atoms with Gasteiger partial charge < -0.3 is 4.98 Å². The third-order valence-electron chi connectivity index (χ3n) is 1.60. The van der Waals surface area contributed by atoms with Crippen molar-refractivity contribution >= 4 is 43.9 Å². The van der Waals surface area contributed by atoms with E-state index in [2.05, 4.69) is 32.0 Å². The summed E-state index contributed by atoms with van der Waals surface area (Å²) in [7, 11) is 0. The summed E-state index contributed by atoms with van der Waals surface area (Å²) < 4.78 is 0. The number of nitrogens with one attached hydrogen (secondary N) is 1. The van der Waals surface area contributed by atoms with Crippen LogP contribution in [0.1, 0.15) is 5.69 Å². The van der Waals surface area contributed by atoms with Gasteiger partial charge in [0.2, 0.25) is 0 Å². The first-order valence-corrected chi connectivity index (χ1v) is 4.51. The Bertz CT molecular complexity index is 370. The molecular weight excluding hydrogens is 284 g/mol. The maximum atomic E-state index is 4.35. The molecule has 2 aromatic heterocycles. The lowest BCUT2D eigenvalue weighted by Gasteiger charge is -1.93. The van der Waals surface area contributed by atoms with Crippen molar-refractivity contribution < 1.29 is 0 Å². The molecule has 0 aromatic carbocycles. The zero-order valence-corrected chi connectivity index (χ0v) is 9.55. The van der Waals surface area contributed by atoms with E-state index in [1.165, 1.54) is 0 Å². The van der Waals surface area contributed by atoms with E-state index in [1.807, 2.05) is 18.3 Å². The lowest BCUT2D eigenvalue weighted by molar-refractivity contribution is 1.21. The highest BCUT2D eigenvalue weighted by Crippen LogP contribution is 2.11. The molecule has 0 saturated carbocycles. The summed E-state index contributed by atoms with van der Waals surface area (Å²) in [5.74, 6) is 0. The van der Waals surface area contributed by atoms with Gasteiger partial charge in [-0.25, -0.2) is 4.98 Å². The number of H-pyrrole nitrogens is 1. The molecule has 0 aliphatic heterocycles. The molecule has 0 amide bonds. The standard InChI is InChI=1S/C8H7BrN2.BrH/c9-5-7-2-1-6-3-4-10-8(6)11-7;/h1-4H,5H2,(H,10,11);1H. The summed E-state index contributed by atoms with van der Waals surface area (Å²) in [6.45, 7) is 0. The minimum absolute atomic E-state index is 0. The second kappa shape index (κ2) is 4.05. The second-order valence-electron chi connectivity index (χ2n) is 2.35. The third kappa shape index (κ3) is 1.69. The molecular formula is C8H8Br2N2. The van der Waals surface area contributed by atoms with Gasteiger partial charge in [-0.05, 0) is 18.2 Å². The van der Waals surface area contributed by atoms with E-state index < -0.39 is 0 Å². The van der Waals surface area contributed by atoms with E-state index in [9.17, 15) is 0 Å². The van der Waals surface area contributed by atoms with E-state index in [4.69, 9.17) is 0 Å². The zero-order valence-electron chi connectivity index (χ0n) is 6.25. The molecule has 0 spiro atoms. The Balaban J connectivity index is 0.000000720. The van der Waals surface area contributed by atoms with Gasteiger partial charge in [-0.1, -0.05) is 15.9 Å². The Hall–Kier alpha value is -0.350. The Labute approximate surface area is 89.3 Å². The van der Waals surface area contributed by atoms with Crippen molar-refractivity contribution in [2.75, 3.05) is 0 Å². The summed E-state index contributed by atoms with van der Waals surface area (Å²) in [5, 5.41) is 1.97. The topological polar surface area (TPSA) is 28.7 Å². The highest BCUT2D eigenvalue weighted by atomic mass is 79.9. The summed E-state index contributed by atoms with van der Waals surface area (Å²) in [5.41, 5.74) is 2.02. The van der Waals surface area contributed by atoms with E-state index in [1.54, 1.807) is 0 Å². The molecule has 64 valence electrons. The van der Waals surface area contributed by atoms with Crippen LogP contribution in [0, 0.1) is 0 Å². The van der Waals surface area contributed by atoms with E-state index in [0.29, 0.717) is 0 Å². The van der Waals surface area contributed by atoms with Crippen LogP contribution >= 0.6 is 32.9 Å². The smallest absolute Gasteiger partial charge is 0.137 e. The van der Waals surface area contributed by atoms with Gasteiger partial charge in [0, 0.05) is 16.9 Å². The lowest BCUT2D eigenvalue weighted by Crippen LogP contribution is -1.83. The van der Waals surface area contributed by atoms with E-state index >= 15 is 0 Å². The molecule has 0 atom stereocenters. The molecule has 0 aliphatic rings. The first-order chi connectivity index (χ1) is 5.40. The van der Waals surface area contributed by atoms with Crippen LogP contribution in [0.4, 0.5) is 0 Å². The first-order valence-electron chi connectivity index (χ1n) is 3.39. The van der Waals surface area contributed by atoms with Crippen molar-refractivity contribution in [1.82, 2.24) is 9.97 Å². The SMILES string of the molecule is Br.BrCc1ccc2cc[nH]c2n1. The number of alkyl halides is 1. The van der Waals surface area contributed by atoms with Crippen LogP contribution in [0.3, 0.4) is 0 Å². The van der Waals surface area contributed by atoms with Gasteiger partial charge in [0.15, 0.2) is 0 Å². The van der Waals surface area contributed by atoms with E-state index in [-0.39, 0.29) is 17.0 Å². The van der Waals surface area contributed by atoms with Gasteiger partial charge in [-0.15, -0.1) is 17.0 Å². The molecule has 0 unspecified atom stereocenters. The number of aromatic nitrogens is 2. The van der Waals surface area contributed by atoms with Crippen molar-refractivity contribution in [2.45, 2.75) is 5.33 Å². The predicted octanol–water partition coefficient (Wildman–Crippen LogP) is 3.04. The maximum Gasteiger partial charge on any atom is 0.137 e. The third-order valence-corrected chi connectivity index (χ3v) is 2.18. The van der Waals surface area contributed by atoms with Gasteiger partial charge >= 0.3 is 0 Å². The summed E-state index contributed by atoms with van der Waals surface area (Å²) in [4.78, 5) is 7.41. The van der Waals surface area contributed by atoms with Crippen molar-refractivity contribution in [2.24, 2.45) is 0 Å². The van der Waals surface area contributed by atoms with Crippen LogP contribution in [0.2, 0.25) is 0 Å². The fraction of sp³-hybridized carbons (Fsp3) is 0.125. The minimum Gasteiger partial charge on any atom is -0.346 e. The van der Waals surface area contributed by atoms with Gasteiger partial charge in [0.25, 0.3) is 0 Å². The average molecular weight is 292 g/mol. The van der Waals surface area contributed by atoms with Crippen LogP contribution in [0.25, 0.3) is 11.0 Å². The summed E-state index contributed by atoms with van der Waals surface area (Å²) >= 11 is 3.36. The largest absolute Gasteiger partial charge is 0.346 e. The second-order valence-corrected chi connectivity index (χ2v) is 2.91. The Morgan fingerprint density at radius 3 is 2.92 bits per heavy atom. The van der Waals surface area contributed by atoms with Crippen molar-refractivity contribution in [3.63, 3.8) is 0 Å². The van der Waals surface area contributed by atoms with Crippen LogP contribution < -0.4 is 0 Å². The van der Waals surface area contributed by atoms with Crippen LogP contribution in [-0.2, 0) is 5.33 Å². The highest BCUT2D eigenvalue weighted by molar-refractivity contribution is 9.08. The predicted molar refractivity (Wildman–Crippen MR) is 59.0 cm³/mol. The molecule has 0 aliphatic carbocycles. The summed E-state index contributed by atoms with van der Waals surface area (Å²) in [6, 6.07) is 6.10. The van der Waals surface area contributed by atoms with Gasteiger partial charge in [0.1, 0.15) is 5.65 Å². The fourth-order valence-corrected chi connectivity index (χ4v) is 1.36. The van der Waals surface area contributed by atoms with Crippen molar-refractivity contribution in [3.8, 4) is 0 Å².